The number of nitrogens with zero attached hydrogens (tertiary/aromatic N) is 2. The average Bonchev–Trinajstić information content (AvgIpc) is 2.75. The van der Waals surface area contributed by atoms with Crippen molar-refractivity contribution in [3.05, 3.63) is 58.6 Å². The number of anilines is 1. The molecule has 0 unspecified atom stereocenters. The van der Waals surface area contributed by atoms with Crippen LogP contribution >= 0.6 is 0 Å². The summed E-state index contributed by atoms with van der Waals surface area (Å²) in [5.41, 5.74) is 2.05. The highest BCUT2D eigenvalue weighted by Crippen LogP contribution is 2.29. The lowest BCUT2D eigenvalue weighted by Gasteiger charge is -2.11. The van der Waals surface area contributed by atoms with Crippen molar-refractivity contribution in [2.24, 2.45) is 0 Å². The number of fused-ring (bicyclic) bond motifs is 1. The number of carbonyl (C=O) groups is 1. The van der Waals surface area contributed by atoms with E-state index in [4.69, 9.17) is 14.2 Å². The van der Waals surface area contributed by atoms with Gasteiger partial charge in [-0.05, 0) is 30.2 Å². The van der Waals surface area contributed by atoms with E-state index in [1.165, 1.54) is 25.1 Å². The smallest absolute Gasteiger partial charge is 0.261 e. The molecule has 1 heterocycles. The first kappa shape index (κ1) is 21.3. The number of nitrogens with one attached hydrogen (secondary N) is 1. The first-order chi connectivity index (χ1) is 14.5. The van der Waals surface area contributed by atoms with Crippen molar-refractivity contribution in [2.45, 2.75) is 26.0 Å². The van der Waals surface area contributed by atoms with Gasteiger partial charge in [0.25, 0.3) is 5.56 Å². The molecule has 30 heavy (non-hydrogen) atoms. The Bertz CT molecular complexity index is 1090. The van der Waals surface area contributed by atoms with E-state index in [1.807, 2.05) is 24.3 Å². The van der Waals surface area contributed by atoms with Crippen LogP contribution in [0.15, 0.2) is 47.5 Å². The molecule has 8 heteroatoms. The lowest BCUT2D eigenvalue weighted by molar-refractivity contribution is -0.116. The zero-order valence-corrected chi connectivity index (χ0v) is 17.3. The second-order valence-electron chi connectivity index (χ2n) is 6.75. The average molecular weight is 411 g/mol. The monoisotopic (exact) mass is 411 g/mol. The summed E-state index contributed by atoms with van der Waals surface area (Å²) in [6.45, 7) is 0.867. The molecule has 0 atom stereocenters. The van der Waals surface area contributed by atoms with Crippen molar-refractivity contribution in [3.63, 3.8) is 0 Å². The number of hydrogen-bond acceptors (Lipinski definition) is 6. The van der Waals surface area contributed by atoms with Crippen LogP contribution in [0.5, 0.6) is 11.5 Å². The Morgan fingerprint density at radius 3 is 2.60 bits per heavy atom. The minimum atomic E-state index is -0.186. The highest BCUT2D eigenvalue weighted by molar-refractivity contribution is 5.90. The molecule has 1 amide bonds. The van der Waals surface area contributed by atoms with Gasteiger partial charge in [-0.15, -0.1) is 0 Å². The molecule has 0 aliphatic heterocycles. The molecule has 3 rings (SSSR count). The fraction of sp³-hybridized carbons (Fsp3) is 0.318. The van der Waals surface area contributed by atoms with Crippen LogP contribution in [-0.4, -0.2) is 36.8 Å². The van der Waals surface area contributed by atoms with Crippen molar-refractivity contribution < 1.29 is 19.0 Å². The number of benzene rings is 2. The van der Waals surface area contributed by atoms with E-state index in [0.717, 1.165) is 11.3 Å². The molecule has 0 saturated carbocycles. The number of aryl methyl sites for hydroxylation is 1. The van der Waals surface area contributed by atoms with Crippen LogP contribution in [0.2, 0.25) is 0 Å². The third kappa shape index (κ3) is 4.96. The fourth-order valence-corrected chi connectivity index (χ4v) is 3.18. The second kappa shape index (κ2) is 9.89. The Balaban J connectivity index is 1.64. The molecule has 3 aromatic rings. The molecular formula is C22H25N3O5. The Kier molecular flexibility index (Phi) is 7.03. The first-order valence-electron chi connectivity index (χ1n) is 9.54. The second-order valence-corrected chi connectivity index (χ2v) is 6.75. The maximum Gasteiger partial charge on any atom is 0.261 e. The molecule has 1 aromatic heterocycles. The van der Waals surface area contributed by atoms with E-state index < -0.39 is 0 Å². The van der Waals surface area contributed by atoms with Gasteiger partial charge < -0.3 is 19.5 Å². The zero-order chi connectivity index (χ0) is 21.5. The molecule has 0 bridgehead atoms. The highest BCUT2D eigenvalue weighted by Gasteiger charge is 2.11. The highest BCUT2D eigenvalue weighted by atomic mass is 16.5. The van der Waals surface area contributed by atoms with E-state index >= 15 is 0 Å². The first-order valence-corrected chi connectivity index (χ1v) is 9.54. The predicted molar refractivity (Wildman–Crippen MR) is 114 cm³/mol. The van der Waals surface area contributed by atoms with Crippen molar-refractivity contribution in [1.82, 2.24) is 9.55 Å². The maximum absolute atomic E-state index is 12.8. The largest absolute Gasteiger partial charge is 0.493 e. The fourth-order valence-electron chi connectivity index (χ4n) is 3.18. The van der Waals surface area contributed by atoms with Gasteiger partial charge in [0.15, 0.2) is 11.5 Å². The maximum atomic E-state index is 12.8. The van der Waals surface area contributed by atoms with E-state index in [9.17, 15) is 9.59 Å². The number of amides is 1. The SMILES string of the molecule is COCc1cccc(NC(=O)CCCn2cnc3cc(OC)c(OC)cc3c2=O)c1. The van der Waals surface area contributed by atoms with Crippen LogP contribution in [0.4, 0.5) is 5.69 Å². The van der Waals surface area contributed by atoms with Crippen molar-refractivity contribution in [2.75, 3.05) is 26.6 Å². The van der Waals surface area contributed by atoms with Gasteiger partial charge in [-0.3, -0.25) is 14.2 Å². The molecule has 0 spiro atoms. The standard InChI is InChI=1S/C22H25N3O5/c1-28-13-15-6-4-7-16(10-15)24-21(26)8-5-9-25-14-23-18-12-20(30-3)19(29-2)11-17(18)22(25)27/h4,6-7,10-12,14H,5,8-9,13H2,1-3H3,(H,24,26). The van der Waals surface area contributed by atoms with Gasteiger partial charge in [0.05, 0.1) is 38.1 Å². The summed E-state index contributed by atoms with van der Waals surface area (Å²) >= 11 is 0. The molecule has 0 fully saturated rings. The predicted octanol–water partition coefficient (Wildman–Crippen LogP) is 2.98. The van der Waals surface area contributed by atoms with Gasteiger partial charge in [0.1, 0.15) is 0 Å². The minimum Gasteiger partial charge on any atom is -0.493 e. The lowest BCUT2D eigenvalue weighted by atomic mass is 10.2. The molecule has 8 nitrogen and oxygen atoms in total. The quantitative estimate of drug-likeness (QED) is 0.582. The molecule has 158 valence electrons. The number of aromatic nitrogens is 2. The van der Waals surface area contributed by atoms with Crippen LogP contribution in [0, 0.1) is 0 Å². The van der Waals surface area contributed by atoms with E-state index in [-0.39, 0.29) is 17.9 Å². The Hall–Kier alpha value is -3.39. The van der Waals surface area contributed by atoms with Crippen LogP contribution in [0.25, 0.3) is 10.9 Å². The van der Waals surface area contributed by atoms with Gasteiger partial charge in [0, 0.05) is 31.8 Å². The summed E-state index contributed by atoms with van der Waals surface area (Å²) in [7, 11) is 4.67. The number of carbonyl (C=O) groups excluding carboxylic acids is 1. The molecule has 0 aliphatic carbocycles. The van der Waals surface area contributed by atoms with Crippen LogP contribution < -0.4 is 20.3 Å². The summed E-state index contributed by atoms with van der Waals surface area (Å²) in [6.07, 6.45) is 2.28. The number of hydrogen-bond donors (Lipinski definition) is 1. The molecule has 1 N–H and O–H groups in total. The Labute approximate surface area is 174 Å². The molecule has 0 aliphatic rings. The van der Waals surface area contributed by atoms with E-state index in [0.29, 0.717) is 42.0 Å². The topological polar surface area (TPSA) is 91.7 Å². The van der Waals surface area contributed by atoms with Crippen molar-refractivity contribution in [1.29, 1.82) is 0 Å². The third-order valence-corrected chi connectivity index (χ3v) is 4.65. The van der Waals surface area contributed by atoms with Gasteiger partial charge in [-0.25, -0.2) is 4.98 Å². The van der Waals surface area contributed by atoms with E-state index in [2.05, 4.69) is 10.3 Å². The van der Waals surface area contributed by atoms with E-state index in [1.54, 1.807) is 19.2 Å². The molecular weight excluding hydrogens is 386 g/mol. The number of rotatable bonds is 9. The van der Waals surface area contributed by atoms with Crippen molar-refractivity contribution >= 4 is 22.5 Å². The van der Waals surface area contributed by atoms with Crippen LogP contribution in [0.1, 0.15) is 18.4 Å². The third-order valence-electron chi connectivity index (χ3n) is 4.65. The van der Waals surface area contributed by atoms with Crippen molar-refractivity contribution in [3.8, 4) is 11.5 Å². The molecule has 2 aromatic carbocycles. The Morgan fingerprint density at radius 1 is 1.10 bits per heavy atom. The molecule has 0 radical (unpaired) electrons. The summed E-state index contributed by atoms with van der Waals surface area (Å²) < 4.78 is 17.1. The lowest BCUT2D eigenvalue weighted by Crippen LogP contribution is -2.22. The van der Waals surface area contributed by atoms with Gasteiger partial charge >= 0.3 is 0 Å². The minimum absolute atomic E-state index is 0.113. The van der Waals surface area contributed by atoms with Crippen LogP contribution in [-0.2, 0) is 22.7 Å². The summed E-state index contributed by atoms with van der Waals surface area (Å²) in [5.74, 6) is 0.871. The summed E-state index contributed by atoms with van der Waals surface area (Å²) in [5, 5.41) is 3.31. The zero-order valence-electron chi connectivity index (χ0n) is 17.3. The van der Waals surface area contributed by atoms with Gasteiger partial charge in [-0.2, -0.15) is 0 Å². The summed E-state index contributed by atoms with van der Waals surface area (Å²) in [4.78, 5) is 29.4. The Morgan fingerprint density at radius 2 is 1.87 bits per heavy atom. The van der Waals surface area contributed by atoms with Gasteiger partial charge in [0.2, 0.25) is 5.91 Å². The normalized spacial score (nSPS) is 10.8. The summed E-state index contributed by atoms with van der Waals surface area (Å²) in [6, 6.07) is 10.8. The number of methoxy groups -OCH3 is 3. The molecule has 0 saturated heterocycles. The van der Waals surface area contributed by atoms with Gasteiger partial charge in [-0.1, -0.05) is 12.1 Å². The van der Waals surface area contributed by atoms with Crippen LogP contribution in [0.3, 0.4) is 0 Å². The number of ether oxygens (including phenoxy) is 3.